The molecule has 1 aliphatic carbocycles. The Morgan fingerprint density at radius 3 is 2.78 bits per heavy atom. The molecule has 1 N–H and O–H groups in total. The molecule has 1 fully saturated rings. The molecule has 3 rings (SSSR count). The summed E-state index contributed by atoms with van der Waals surface area (Å²) in [6.07, 6.45) is 8.09. The van der Waals surface area contributed by atoms with Crippen LogP contribution in [-0.2, 0) is 11.2 Å². The van der Waals surface area contributed by atoms with Crippen molar-refractivity contribution in [2.45, 2.75) is 57.4 Å². The number of carbonyl (C=O) groups excluding carboxylic acids is 1. The third-order valence-electron chi connectivity index (χ3n) is 4.31. The van der Waals surface area contributed by atoms with Gasteiger partial charge >= 0.3 is 0 Å². The minimum Gasteiger partial charge on any atom is -0.480 e. The molecule has 7 nitrogen and oxygen atoms in total. The minimum atomic E-state index is 0.0801. The van der Waals surface area contributed by atoms with Crippen LogP contribution in [0.25, 0.3) is 5.65 Å². The summed E-state index contributed by atoms with van der Waals surface area (Å²) < 4.78 is 6.75. The van der Waals surface area contributed by atoms with Crippen LogP contribution in [0.3, 0.4) is 0 Å². The molecule has 2 aromatic rings. The summed E-state index contributed by atoms with van der Waals surface area (Å²) in [4.78, 5) is 12.2. The van der Waals surface area contributed by atoms with Gasteiger partial charge in [0.25, 0.3) is 0 Å². The summed E-state index contributed by atoms with van der Waals surface area (Å²) in [7, 11) is 1.57. The normalized spacial score (nSPS) is 16.2. The van der Waals surface area contributed by atoms with Gasteiger partial charge in [0.15, 0.2) is 11.5 Å². The summed E-state index contributed by atoms with van der Waals surface area (Å²) in [5.41, 5.74) is 0.657. The number of rotatable bonds is 5. The van der Waals surface area contributed by atoms with E-state index < -0.39 is 0 Å². The quantitative estimate of drug-likeness (QED) is 0.852. The zero-order valence-corrected chi connectivity index (χ0v) is 13.5. The molecule has 0 bridgehead atoms. The van der Waals surface area contributed by atoms with E-state index >= 15 is 0 Å². The van der Waals surface area contributed by atoms with Crippen LogP contribution in [0, 0.1) is 0 Å². The lowest BCUT2D eigenvalue weighted by Crippen LogP contribution is -2.34. The smallest absolute Gasteiger partial charge is 0.231 e. The van der Waals surface area contributed by atoms with Crippen LogP contribution in [0.2, 0.25) is 0 Å². The zero-order valence-electron chi connectivity index (χ0n) is 13.5. The van der Waals surface area contributed by atoms with Crippen LogP contribution in [0.5, 0.6) is 5.88 Å². The van der Waals surface area contributed by atoms with E-state index in [0.29, 0.717) is 36.2 Å². The van der Waals surface area contributed by atoms with Gasteiger partial charge in [-0.25, -0.2) is 0 Å². The Kier molecular flexibility index (Phi) is 5.05. The fourth-order valence-electron chi connectivity index (χ4n) is 3.03. The summed E-state index contributed by atoms with van der Waals surface area (Å²) in [6, 6.07) is 3.87. The number of hydrogen-bond acceptors (Lipinski definition) is 5. The number of hydrogen-bond donors (Lipinski definition) is 1. The van der Waals surface area contributed by atoms with Crippen molar-refractivity contribution in [3.8, 4) is 5.88 Å². The molecular weight excluding hydrogens is 294 g/mol. The number of methoxy groups -OCH3 is 1. The SMILES string of the molecule is COc1ccc2nnc(CCC(=O)NC3CCCCCC3)n2n1. The number of fused-ring (bicyclic) bond motifs is 1. The summed E-state index contributed by atoms with van der Waals surface area (Å²) in [5.74, 6) is 1.26. The molecule has 7 heteroatoms. The van der Waals surface area contributed by atoms with E-state index in [0.717, 1.165) is 12.8 Å². The molecule has 0 aliphatic heterocycles. The maximum atomic E-state index is 12.2. The van der Waals surface area contributed by atoms with E-state index in [2.05, 4.69) is 20.6 Å². The maximum absolute atomic E-state index is 12.2. The molecule has 0 unspecified atom stereocenters. The number of ether oxygens (including phenoxy) is 1. The Morgan fingerprint density at radius 1 is 1.26 bits per heavy atom. The topological polar surface area (TPSA) is 81.4 Å². The fourth-order valence-corrected chi connectivity index (χ4v) is 3.03. The third-order valence-corrected chi connectivity index (χ3v) is 4.31. The number of nitrogens with one attached hydrogen (secondary N) is 1. The highest BCUT2D eigenvalue weighted by atomic mass is 16.5. The molecule has 0 atom stereocenters. The molecule has 1 saturated carbocycles. The predicted molar refractivity (Wildman–Crippen MR) is 85.3 cm³/mol. The fraction of sp³-hybridized carbons (Fsp3) is 0.625. The first kappa shape index (κ1) is 15.7. The lowest BCUT2D eigenvalue weighted by atomic mass is 10.1. The number of aryl methyl sites for hydroxylation is 1. The van der Waals surface area contributed by atoms with Gasteiger partial charge in [0.05, 0.1) is 7.11 Å². The lowest BCUT2D eigenvalue weighted by Gasteiger charge is -2.15. The van der Waals surface area contributed by atoms with Crippen molar-refractivity contribution in [2.75, 3.05) is 7.11 Å². The standard InChI is InChI=1S/C16H23N5O2/c1-23-16-11-9-14-19-18-13(21(14)20-16)8-10-15(22)17-12-6-4-2-3-5-7-12/h9,11-12H,2-8,10H2,1H3,(H,17,22). The molecule has 0 spiro atoms. The summed E-state index contributed by atoms with van der Waals surface area (Å²) in [5, 5.41) is 15.6. The van der Waals surface area contributed by atoms with E-state index in [4.69, 9.17) is 4.74 Å². The molecule has 1 amide bonds. The number of carbonyl (C=O) groups is 1. The second-order valence-corrected chi connectivity index (χ2v) is 6.02. The number of aromatic nitrogens is 4. The van der Waals surface area contributed by atoms with Crippen molar-refractivity contribution in [3.05, 3.63) is 18.0 Å². The first-order valence-corrected chi connectivity index (χ1v) is 8.31. The Labute approximate surface area is 135 Å². The van der Waals surface area contributed by atoms with E-state index in [1.807, 2.05) is 0 Å². The first-order chi connectivity index (χ1) is 11.3. The van der Waals surface area contributed by atoms with Crippen molar-refractivity contribution in [1.82, 2.24) is 25.1 Å². The van der Waals surface area contributed by atoms with Gasteiger partial charge in [0.2, 0.25) is 11.8 Å². The Bertz CT molecular complexity index is 662. The van der Waals surface area contributed by atoms with Crippen molar-refractivity contribution >= 4 is 11.6 Å². The van der Waals surface area contributed by atoms with Crippen LogP contribution < -0.4 is 10.1 Å². The molecule has 2 heterocycles. The van der Waals surface area contributed by atoms with E-state index in [1.165, 1.54) is 25.7 Å². The van der Waals surface area contributed by atoms with E-state index in [9.17, 15) is 4.79 Å². The second kappa shape index (κ2) is 7.39. The molecule has 2 aromatic heterocycles. The van der Waals surface area contributed by atoms with Gasteiger partial charge < -0.3 is 10.1 Å². The number of amides is 1. The zero-order chi connectivity index (χ0) is 16.1. The molecule has 0 radical (unpaired) electrons. The molecule has 1 aliphatic rings. The monoisotopic (exact) mass is 317 g/mol. The number of nitrogens with zero attached hydrogens (tertiary/aromatic N) is 4. The Morgan fingerprint density at radius 2 is 2.04 bits per heavy atom. The van der Waals surface area contributed by atoms with Crippen LogP contribution in [0.1, 0.15) is 50.8 Å². The van der Waals surface area contributed by atoms with Gasteiger partial charge in [0.1, 0.15) is 0 Å². The van der Waals surface area contributed by atoms with E-state index in [1.54, 1.807) is 23.8 Å². The van der Waals surface area contributed by atoms with Crippen molar-refractivity contribution in [1.29, 1.82) is 0 Å². The highest BCUT2D eigenvalue weighted by Crippen LogP contribution is 2.17. The minimum absolute atomic E-state index is 0.0801. The molecule has 124 valence electrons. The van der Waals surface area contributed by atoms with Crippen LogP contribution in [-0.4, -0.2) is 38.9 Å². The van der Waals surface area contributed by atoms with Gasteiger partial charge in [-0.15, -0.1) is 15.3 Å². The van der Waals surface area contributed by atoms with E-state index in [-0.39, 0.29) is 5.91 Å². The van der Waals surface area contributed by atoms with Gasteiger partial charge in [0, 0.05) is 24.9 Å². The van der Waals surface area contributed by atoms with Crippen LogP contribution >= 0.6 is 0 Å². The van der Waals surface area contributed by atoms with Gasteiger partial charge in [-0.1, -0.05) is 25.7 Å². The van der Waals surface area contributed by atoms with Crippen molar-refractivity contribution in [3.63, 3.8) is 0 Å². The summed E-state index contributed by atoms with van der Waals surface area (Å²) >= 11 is 0. The molecular formula is C16H23N5O2. The first-order valence-electron chi connectivity index (χ1n) is 8.31. The Balaban J connectivity index is 1.58. The molecule has 0 aromatic carbocycles. The maximum Gasteiger partial charge on any atom is 0.231 e. The van der Waals surface area contributed by atoms with Gasteiger partial charge in [-0.2, -0.15) is 4.52 Å². The second-order valence-electron chi connectivity index (χ2n) is 6.02. The Hall–Kier alpha value is -2.18. The predicted octanol–water partition coefficient (Wildman–Crippen LogP) is 1.90. The van der Waals surface area contributed by atoms with Gasteiger partial charge in [-0.3, -0.25) is 4.79 Å². The van der Waals surface area contributed by atoms with Crippen LogP contribution in [0.4, 0.5) is 0 Å². The molecule has 23 heavy (non-hydrogen) atoms. The summed E-state index contributed by atoms with van der Waals surface area (Å²) in [6.45, 7) is 0. The van der Waals surface area contributed by atoms with Crippen LogP contribution in [0.15, 0.2) is 12.1 Å². The average Bonchev–Trinajstić information content (AvgIpc) is 2.79. The third kappa shape index (κ3) is 3.97. The van der Waals surface area contributed by atoms with Crippen molar-refractivity contribution < 1.29 is 9.53 Å². The van der Waals surface area contributed by atoms with Gasteiger partial charge in [-0.05, 0) is 18.9 Å². The largest absolute Gasteiger partial charge is 0.480 e. The molecule has 0 saturated heterocycles. The highest BCUT2D eigenvalue weighted by molar-refractivity contribution is 5.76. The average molecular weight is 317 g/mol. The highest BCUT2D eigenvalue weighted by Gasteiger charge is 2.16. The lowest BCUT2D eigenvalue weighted by molar-refractivity contribution is -0.121. The van der Waals surface area contributed by atoms with Crippen molar-refractivity contribution in [2.24, 2.45) is 0 Å².